The van der Waals surface area contributed by atoms with Crippen LogP contribution in [0.2, 0.25) is 0 Å². The highest BCUT2D eigenvalue weighted by molar-refractivity contribution is 8.11. The molecular weight excluding hydrogens is 198 g/mol. The van der Waals surface area contributed by atoms with Crippen LogP contribution in [0.3, 0.4) is 0 Å². The summed E-state index contributed by atoms with van der Waals surface area (Å²) >= 11 is 0. The highest BCUT2D eigenvalue weighted by Crippen LogP contribution is 2.38. The SMILES string of the molecule is O=S(=O)(Cl)N1C2CCCC1CC2. The molecule has 2 unspecified atom stereocenters. The quantitative estimate of drug-likeness (QED) is 0.614. The predicted molar refractivity (Wildman–Crippen MR) is 47.3 cm³/mol. The smallest absolute Gasteiger partial charge is 0.195 e. The Hall–Kier alpha value is 0.200. The molecule has 0 aromatic carbocycles. The zero-order chi connectivity index (χ0) is 8.77. The Kier molecular flexibility index (Phi) is 2.09. The summed E-state index contributed by atoms with van der Waals surface area (Å²) in [6.45, 7) is 0. The molecule has 2 aliphatic rings. The molecule has 2 saturated heterocycles. The Bertz CT molecular complexity index is 261. The first kappa shape index (κ1) is 8.78. The molecule has 2 atom stereocenters. The number of nitrogens with zero attached hydrogens (tertiary/aromatic N) is 1. The molecule has 0 radical (unpaired) electrons. The number of piperidine rings is 1. The van der Waals surface area contributed by atoms with Crippen LogP contribution < -0.4 is 0 Å². The van der Waals surface area contributed by atoms with Gasteiger partial charge in [-0.25, -0.2) is 0 Å². The molecule has 0 aliphatic carbocycles. The molecule has 0 spiro atoms. The van der Waals surface area contributed by atoms with Crippen LogP contribution in [0.1, 0.15) is 32.1 Å². The van der Waals surface area contributed by atoms with Crippen LogP contribution in [0, 0.1) is 0 Å². The van der Waals surface area contributed by atoms with E-state index in [1.807, 2.05) is 0 Å². The van der Waals surface area contributed by atoms with Crippen LogP contribution >= 0.6 is 10.7 Å². The van der Waals surface area contributed by atoms with Crippen molar-refractivity contribution in [2.24, 2.45) is 0 Å². The van der Waals surface area contributed by atoms with Crippen LogP contribution in [0.25, 0.3) is 0 Å². The maximum absolute atomic E-state index is 11.1. The summed E-state index contributed by atoms with van der Waals surface area (Å²) in [6.07, 6.45) is 5.12. The van der Waals surface area contributed by atoms with Gasteiger partial charge in [-0.3, -0.25) is 0 Å². The van der Waals surface area contributed by atoms with E-state index in [-0.39, 0.29) is 12.1 Å². The second-order valence-electron chi connectivity index (χ2n) is 3.59. The van der Waals surface area contributed by atoms with Gasteiger partial charge >= 0.3 is 0 Å². The van der Waals surface area contributed by atoms with E-state index in [0.29, 0.717) is 0 Å². The zero-order valence-corrected chi connectivity index (χ0v) is 8.31. The summed E-state index contributed by atoms with van der Waals surface area (Å²) in [4.78, 5) is 0. The third-order valence-corrected chi connectivity index (χ3v) is 4.46. The van der Waals surface area contributed by atoms with E-state index in [1.54, 1.807) is 0 Å². The summed E-state index contributed by atoms with van der Waals surface area (Å²) in [5.74, 6) is 0. The van der Waals surface area contributed by atoms with Gasteiger partial charge in [0.05, 0.1) is 0 Å². The fraction of sp³-hybridized carbons (Fsp3) is 1.00. The zero-order valence-electron chi connectivity index (χ0n) is 6.74. The lowest BCUT2D eigenvalue weighted by atomic mass is 10.1. The lowest BCUT2D eigenvalue weighted by Crippen LogP contribution is -2.41. The maximum Gasteiger partial charge on any atom is 0.300 e. The molecule has 0 amide bonds. The van der Waals surface area contributed by atoms with E-state index >= 15 is 0 Å². The fourth-order valence-corrected chi connectivity index (χ4v) is 4.24. The monoisotopic (exact) mass is 209 g/mol. The van der Waals surface area contributed by atoms with E-state index in [0.717, 1.165) is 32.1 Å². The van der Waals surface area contributed by atoms with Crippen molar-refractivity contribution in [3.05, 3.63) is 0 Å². The van der Waals surface area contributed by atoms with E-state index < -0.39 is 9.24 Å². The second kappa shape index (κ2) is 2.86. The van der Waals surface area contributed by atoms with E-state index in [2.05, 4.69) is 0 Å². The maximum atomic E-state index is 11.1. The molecule has 2 rings (SSSR count). The summed E-state index contributed by atoms with van der Waals surface area (Å²) in [5.41, 5.74) is 0. The third kappa shape index (κ3) is 1.36. The van der Waals surface area contributed by atoms with E-state index in [9.17, 15) is 8.42 Å². The van der Waals surface area contributed by atoms with Crippen LogP contribution in [-0.4, -0.2) is 24.8 Å². The van der Waals surface area contributed by atoms with Gasteiger partial charge < -0.3 is 0 Å². The summed E-state index contributed by atoms with van der Waals surface area (Å²) in [5, 5.41) is 0. The van der Waals surface area contributed by atoms with Gasteiger partial charge in [0.2, 0.25) is 0 Å². The van der Waals surface area contributed by atoms with Gasteiger partial charge in [0.1, 0.15) is 0 Å². The predicted octanol–water partition coefficient (Wildman–Crippen LogP) is 1.49. The normalized spacial score (nSPS) is 37.1. The van der Waals surface area contributed by atoms with Crippen LogP contribution in [-0.2, 0) is 9.24 Å². The summed E-state index contributed by atoms with van der Waals surface area (Å²) in [7, 11) is 1.88. The van der Waals surface area contributed by atoms with Gasteiger partial charge in [-0.15, -0.1) is 0 Å². The molecule has 2 bridgehead atoms. The molecule has 2 heterocycles. The van der Waals surface area contributed by atoms with Crippen LogP contribution in [0.4, 0.5) is 0 Å². The van der Waals surface area contributed by atoms with Crippen LogP contribution in [0.5, 0.6) is 0 Å². The number of halogens is 1. The van der Waals surface area contributed by atoms with Crippen molar-refractivity contribution >= 4 is 19.9 Å². The van der Waals surface area contributed by atoms with Gasteiger partial charge in [0.15, 0.2) is 0 Å². The third-order valence-electron chi connectivity index (χ3n) is 2.88. The molecule has 70 valence electrons. The summed E-state index contributed by atoms with van der Waals surface area (Å²) < 4.78 is 23.8. The Morgan fingerprint density at radius 3 is 1.92 bits per heavy atom. The van der Waals surface area contributed by atoms with Crippen molar-refractivity contribution in [1.82, 2.24) is 4.31 Å². The van der Waals surface area contributed by atoms with E-state index in [1.165, 1.54) is 4.31 Å². The molecule has 0 saturated carbocycles. The highest BCUT2D eigenvalue weighted by atomic mass is 35.7. The Balaban J connectivity index is 2.27. The minimum Gasteiger partial charge on any atom is -0.195 e. The van der Waals surface area contributed by atoms with Crippen molar-refractivity contribution in [3.63, 3.8) is 0 Å². The van der Waals surface area contributed by atoms with Crippen molar-refractivity contribution in [2.75, 3.05) is 0 Å². The first-order chi connectivity index (χ1) is 5.59. The number of hydrogen-bond donors (Lipinski definition) is 0. The minimum atomic E-state index is -3.46. The van der Waals surface area contributed by atoms with Crippen molar-refractivity contribution in [2.45, 2.75) is 44.2 Å². The lowest BCUT2D eigenvalue weighted by molar-refractivity contribution is 0.252. The standard InChI is InChI=1S/C7H12ClNO2S/c8-12(10,11)9-6-2-1-3-7(9)5-4-6/h6-7H,1-5H2. The van der Waals surface area contributed by atoms with Crippen molar-refractivity contribution in [1.29, 1.82) is 0 Å². The Morgan fingerprint density at radius 1 is 1.08 bits per heavy atom. The number of rotatable bonds is 1. The highest BCUT2D eigenvalue weighted by Gasteiger charge is 2.42. The average molecular weight is 210 g/mol. The largest absolute Gasteiger partial charge is 0.300 e. The molecular formula is C7H12ClNO2S. The fourth-order valence-electron chi connectivity index (χ4n) is 2.43. The molecule has 3 nitrogen and oxygen atoms in total. The van der Waals surface area contributed by atoms with Gasteiger partial charge in [-0.05, 0) is 25.7 Å². The topological polar surface area (TPSA) is 37.4 Å². The Morgan fingerprint density at radius 2 is 1.58 bits per heavy atom. The molecule has 5 heteroatoms. The Labute approximate surface area is 77.2 Å². The molecule has 12 heavy (non-hydrogen) atoms. The lowest BCUT2D eigenvalue weighted by Gasteiger charge is -2.30. The van der Waals surface area contributed by atoms with Gasteiger partial charge in [-0.1, -0.05) is 6.42 Å². The van der Waals surface area contributed by atoms with Gasteiger partial charge in [-0.2, -0.15) is 12.7 Å². The molecule has 2 fully saturated rings. The molecule has 0 aromatic heterocycles. The molecule has 0 aromatic rings. The van der Waals surface area contributed by atoms with E-state index in [4.69, 9.17) is 10.7 Å². The molecule has 2 aliphatic heterocycles. The van der Waals surface area contributed by atoms with Crippen LogP contribution in [0.15, 0.2) is 0 Å². The summed E-state index contributed by atoms with van der Waals surface area (Å²) in [6, 6.07) is 0.400. The van der Waals surface area contributed by atoms with Gasteiger partial charge in [0.25, 0.3) is 9.24 Å². The van der Waals surface area contributed by atoms with Crippen molar-refractivity contribution < 1.29 is 8.42 Å². The number of fused-ring (bicyclic) bond motifs is 2. The first-order valence-corrected chi connectivity index (χ1v) is 6.59. The number of hydrogen-bond acceptors (Lipinski definition) is 2. The van der Waals surface area contributed by atoms with Gasteiger partial charge in [0, 0.05) is 22.8 Å². The first-order valence-electron chi connectivity index (χ1n) is 4.32. The minimum absolute atomic E-state index is 0.200. The average Bonchev–Trinajstić information content (AvgIpc) is 2.23. The second-order valence-corrected chi connectivity index (χ2v) is 6.00. The van der Waals surface area contributed by atoms with Crippen molar-refractivity contribution in [3.8, 4) is 0 Å². The molecule has 0 N–H and O–H groups in total.